The highest BCUT2D eigenvalue weighted by Crippen LogP contribution is 2.34. The van der Waals surface area contributed by atoms with Gasteiger partial charge in [-0.2, -0.15) is 23.5 Å². The molecule has 164 valence electrons. The fraction of sp³-hybridized carbons (Fsp3) is 0.842. The van der Waals surface area contributed by atoms with Crippen LogP contribution in [0.2, 0.25) is 0 Å². The van der Waals surface area contributed by atoms with Gasteiger partial charge in [0.05, 0.1) is 6.61 Å². The van der Waals surface area contributed by atoms with Crippen molar-refractivity contribution >= 4 is 41.6 Å². The van der Waals surface area contributed by atoms with E-state index in [1.807, 2.05) is 41.5 Å². The van der Waals surface area contributed by atoms with Crippen molar-refractivity contribution in [1.82, 2.24) is 5.32 Å². The zero-order chi connectivity index (χ0) is 22.3. The molecule has 0 bridgehead atoms. The molecule has 7 nitrogen and oxygen atoms in total. The van der Waals surface area contributed by atoms with Gasteiger partial charge in [0.25, 0.3) is 0 Å². The molecule has 0 spiro atoms. The van der Waals surface area contributed by atoms with E-state index in [1.165, 1.54) is 23.5 Å². The molecule has 3 N–H and O–H groups in total. The molecule has 0 unspecified atom stereocenters. The summed E-state index contributed by atoms with van der Waals surface area (Å²) in [5.74, 6) is -1.67. The summed E-state index contributed by atoms with van der Waals surface area (Å²) in [6.07, 6.45) is -0.741. The highest BCUT2D eigenvalue weighted by Gasteiger charge is 2.42. The maximum atomic E-state index is 12.8. The highest BCUT2D eigenvalue weighted by atomic mass is 32.2. The normalized spacial score (nSPS) is 14.6. The number of nitrogens with two attached hydrogens (primary N) is 1. The Kier molecular flexibility index (Phi) is 10.9. The van der Waals surface area contributed by atoms with Crippen LogP contribution in [0.15, 0.2) is 0 Å². The number of amides is 1. The second-order valence-corrected chi connectivity index (χ2v) is 12.5. The van der Waals surface area contributed by atoms with Crippen molar-refractivity contribution in [2.24, 2.45) is 5.73 Å². The van der Waals surface area contributed by atoms with Crippen LogP contribution in [0.5, 0.6) is 0 Å². The number of rotatable bonds is 10. The molecule has 0 aliphatic heterocycles. The molecule has 0 aromatic rings. The summed E-state index contributed by atoms with van der Waals surface area (Å²) >= 11 is 3.01. The van der Waals surface area contributed by atoms with Gasteiger partial charge in [-0.25, -0.2) is 14.4 Å². The smallest absolute Gasteiger partial charge is 0.407 e. The van der Waals surface area contributed by atoms with Crippen molar-refractivity contribution in [3.05, 3.63) is 0 Å². The lowest BCUT2D eigenvalue weighted by molar-refractivity contribution is -0.162. The summed E-state index contributed by atoms with van der Waals surface area (Å²) in [6, 6.07) is -2.07. The molecule has 28 heavy (non-hydrogen) atoms. The first kappa shape index (κ1) is 27.1. The summed E-state index contributed by atoms with van der Waals surface area (Å²) in [6.45, 7) is 17.1. The summed E-state index contributed by atoms with van der Waals surface area (Å²) in [5.41, 5.74) is 6.07. The van der Waals surface area contributed by atoms with Crippen molar-refractivity contribution in [1.29, 1.82) is 0 Å². The first-order valence-electron chi connectivity index (χ1n) is 9.44. The molecule has 0 aromatic carbocycles. The number of alkyl carbamates (subject to hydrolysis) is 1. The number of ether oxygens (including phenoxy) is 2. The maximum absolute atomic E-state index is 12.8. The minimum Gasteiger partial charge on any atom is -0.450 e. The third-order valence-electron chi connectivity index (χ3n) is 3.75. The summed E-state index contributed by atoms with van der Waals surface area (Å²) in [5, 5.41) is 2.97. The lowest BCUT2D eigenvalue weighted by Crippen LogP contribution is -2.56. The van der Waals surface area contributed by atoms with Gasteiger partial charge in [-0.3, -0.25) is 0 Å². The Morgan fingerprint density at radius 1 is 0.929 bits per heavy atom. The van der Waals surface area contributed by atoms with Crippen LogP contribution in [-0.4, -0.2) is 56.7 Å². The molecule has 2 atom stereocenters. The molecule has 0 aromatic heterocycles. The van der Waals surface area contributed by atoms with Gasteiger partial charge in [0.2, 0.25) is 0 Å². The number of carbonyl (C=O) groups is 3. The Morgan fingerprint density at radius 3 is 1.82 bits per heavy atom. The molecule has 0 saturated heterocycles. The van der Waals surface area contributed by atoms with Gasteiger partial charge in [-0.15, -0.1) is 0 Å². The summed E-state index contributed by atoms with van der Waals surface area (Å²) in [7, 11) is 0. The quantitative estimate of drug-likeness (QED) is 0.396. The van der Waals surface area contributed by atoms with Gasteiger partial charge in [-0.05, 0) is 45.1 Å². The molecule has 9 heteroatoms. The first-order chi connectivity index (χ1) is 12.6. The predicted molar refractivity (Wildman–Crippen MR) is 117 cm³/mol. The van der Waals surface area contributed by atoms with Crippen LogP contribution in [-0.2, 0) is 19.1 Å². The van der Waals surface area contributed by atoms with Gasteiger partial charge in [-0.1, -0.05) is 27.7 Å². The van der Waals surface area contributed by atoms with E-state index >= 15 is 0 Å². The Hall–Kier alpha value is -0.930. The maximum Gasteiger partial charge on any atom is 0.407 e. The number of nitrogens with one attached hydrogen (secondary N) is 1. The van der Waals surface area contributed by atoms with Crippen LogP contribution in [0.4, 0.5) is 4.79 Å². The third-order valence-corrected chi connectivity index (χ3v) is 6.40. The second kappa shape index (κ2) is 11.3. The van der Waals surface area contributed by atoms with Crippen LogP contribution < -0.4 is 11.1 Å². The lowest BCUT2D eigenvalue weighted by Gasteiger charge is -2.34. The van der Waals surface area contributed by atoms with Crippen LogP contribution in [0.1, 0.15) is 62.3 Å². The third kappa shape index (κ3) is 9.05. The topological polar surface area (TPSA) is 108 Å². The molecule has 0 rings (SSSR count). The number of carbonyl (C=O) groups excluding carboxylic acids is 3. The monoisotopic (exact) mass is 436 g/mol. The highest BCUT2D eigenvalue weighted by molar-refractivity contribution is 8.01. The first-order valence-corrected chi connectivity index (χ1v) is 11.2. The van der Waals surface area contributed by atoms with E-state index in [9.17, 15) is 14.4 Å². The van der Waals surface area contributed by atoms with Gasteiger partial charge in [0.15, 0.2) is 0 Å². The van der Waals surface area contributed by atoms with Crippen molar-refractivity contribution in [2.45, 2.75) is 94.4 Å². The SMILES string of the molecule is CCOC(=O)N[C@H](C(=O)OC(=O)[C@@H](N)C(C)(C)SC(C)C)C(C)(C)SC(C)C. The zero-order valence-electron chi connectivity index (χ0n) is 18.5. The van der Waals surface area contributed by atoms with Gasteiger partial charge < -0.3 is 20.5 Å². The van der Waals surface area contributed by atoms with Crippen LogP contribution in [0.3, 0.4) is 0 Å². The number of thioether (sulfide) groups is 2. The van der Waals surface area contributed by atoms with E-state index in [2.05, 4.69) is 5.32 Å². The van der Waals surface area contributed by atoms with Crippen LogP contribution in [0.25, 0.3) is 0 Å². The average Bonchev–Trinajstić information content (AvgIpc) is 2.49. The number of esters is 2. The molecule has 0 fully saturated rings. The molecule has 0 aliphatic carbocycles. The van der Waals surface area contributed by atoms with E-state index in [1.54, 1.807) is 20.8 Å². The fourth-order valence-corrected chi connectivity index (χ4v) is 5.63. The molecule has 0 radical (unpaired) electrons. The summed E-state index contributed by atoms with van der Waals surface area (Å²) in [4.78, 5) is 37.2. The average molecular weight is 437 g/mol. The van der Waals surface area contributed by atoms with Gasteiger partial charge >= 0.3 is 18.0 Å². The van der Waals surface area contributed by atoms with Crippen LogP contribution in [0, 0.1) is 0 Å². The molecule has 1 amide bonds. The molecule has 0 heterocycles. The Balaban J connectivity index is 5.42. The van der Waals surface area contributed by atoms with Crippen LogP contribution >= 0.6 is 23.5 Å². The van der Waals surface area contributed by atoms with E-state index in [0.29, 0.717) is 0 Å². The minimum absolute atomic E-state index is 0.162. The van der Waals surface area contributed by atoms with Crippen molar-refractivity contribution in [3.63, 3.8) is 0 Å². The minimum atomic E-state index is -1.07. The van der Waals surface area contributed by atoms with E-state index in [-0.39, 0.29) is 17.1 Å². The molecular formula is C19H36N2O5S2. The standard InChI is InChI=1S/C19H36N2O5S2/c1-10-25-17(24)21-14(19(8,9)28-12(4)5)16(23)26-15(22)13(20)18(6,7)27-11(2)3/h11-14H,10,20H2,1-9H3,(H,21,24)/t13-,14-/m1/s1. The Morgan fingerprint density at radius 2 is 1.39 bits per heavy atom. The fourth-order valence-electron chi connectivity index (χ4n) is 2.67. The van der Waals surface area contributed by atoms with Gasteiger partial charge in [0.1, 0.15) is 12.1 Å². The van der Waals surface area contributed by atoms with E-state index in [0.717, 1.165) is 0 Å². The molecule has 0 saturated carbocycles. The molecular weight excluding hydrogens is 400 g/mol. The Labute approximate surface area is 177 Å². The predicted octanol–water partition coefficient (Wildman–Crippen LogP) is 3.34. The van der Waals surface area contributed by atoms with Crippen molar-refractivity contribution < 1.29 is 23.9 Å². The number of hydrogen-bond donors (Lipinski definition) is 2. The second-order valence-electron chi connectivity index (χ2n) is 8.06. The van der Waals surface area contributed by atoms with Crippen molar-refractivity contribution in [3.8, 4) is 0 Å². The molecule has 0 aliphatic rings. The largest absolute Gasteiger partial charge is 0.450 e. The van der Waals surface area contributed by atoms with Crippen molar-refractivity contribution in [2.75, 3.05) is 6.61 Å². The lowest BCUT2D eigenvalue weighted by atomic mass is 10.0. The summed E-state index contributed by atoms with van der Waals surface area (Å²) < 4.78 is 8.64. The van der Waals surface area contributed by atoms with E-state index < -0.39 is 39.6 Å². The van der Waals surface area contributed by atoms with Gasteiger partial charge in [0, 0.05) is 9.49 Å². The van der Waals surface area contributed by atoms with E-state index in [4.69, 9.17) is 15.2 Å². The number of hydrogen-bond acceptors (Lipinski definition) is 8. The zero-order valence-corrected chi connectivity index (χ0v) is 20.1. The Bertz CT molecular complexity index is 550.